The Kier molecular flexibility index (Phi) is 5.39. The molecule has 0 saturated heterocycles. The highest BCUT2D eigenvalue weighted by atomic mass is 127. The summed E-state index contributed by atoms with van der Waals surface area (Å²) in [6, 6.07) is 4.74. The molecule has 0 aromatic heterocycles. The first kappa shape index (κ1) is 14.7. The van der Waals surface area contributed by atoms with Gasteiger partial charge in [-0.2, -0.15) is 0 Å². The van der Waals surface area contributed by atoms with E-state index in [0.29, 0.717) is 6.61 Å². The Labute approximate surface area is 119 Å². The summed E-state index contributed by atoms with van der Waals surface area (Å²) in [5.74, 6) is -0.862. The van der Waals surface area contributed by atoms with E-state index in [1.165, 1.54) is 6.07 Å². The Hall–Kier alpha value is -1.31. The minimum Gasteiger partial charge on any atom is -0.478 e. The molecule has 0 spiro atoms. The number of carboxylic acids is 1. The van der Waals surface area contributed by atoms with Gasteiger partial charge in [0.1, 0.15) is 0 Å². The number of aromatic carboxylic acids is 1. The van der Waals surface area contributed by atoms with Crippen molar-refractivity contribution in [2.45, 2.75) is 13.8 Å². The molecule has 18 heavy (non-hydrogen) atoms. The van der Waals surface area contributed by atoms with Gasteiger partial charge in [0.15, 0.2) is 0 Å². The van der Waals surface area contributed by atoms with Gasteiger partial charge < -0.3 is 9.84 Å². The topological polar surface area (TPSA) is 75.6 Å². The van der Waals surface area contributed by atoms with Gasteiger partial charge >= 0.3 is 12.1 Å². The third-order valence-electron chi connectivity index (χ3n) is 2.00. The van der Waals surface area contributed by atoms with Crippen LogP contribution in [0.2, 0.25) is 0 Å². The SMILES string of the molecule is CC(C)COC(=O)Nc1ccc(I)cc1C(=O)O. The van der Waals surface area contributed by atoms with Crippen LogP contribution in [0.3, 0.4) is 0 Å². The van der Waals surface area contributed by atoms with Crippen LogP contribution in [0, 0.1) is 9.49 Å². The molecular formula is C12H14INO4. The predicted molar refractivity (Wildman–Crippen MR) is 75.9 cm³/mol. The maximum atomic E-state index is 11.4. The van der Waals surface area contributed by atoms with Gasteiger partial charge in [-0.3, -0.25) is 5.32 Å². The van der Waals surface area contributed by atoms with Crippen molar-refractivity contribution in [3.8, 4) is 0 Å². The number of ether oxygens (including phenoxy) is 1. The molecule has 2 N–H and O–H groups in total. The molecule has 0 unspecified atom stereocenters. The van der Waals surface area contributed by atoms with Gasteiger partial charge in [0.2, 0.25) is 0 Å². The molecule has 0 aliphatic carbocycles. The molecule has 1 aromatic carbocycles. The van der Waals surface area contributed by atoms with E-state index in [1.807, 2.05) is 36.4 Å². The summed E-state index contributed by atoms with van der Waals surface area (Å²) in [7, 11) is 0. The summed E-state index contributed by atoms with van der Waals surface area (Å²) in [5.41, 5.74) is 0.278. The van der Waals surface area contributed by atoms with E-state index in [4.69, 9.17) is 9.84 Å². The highest BCUT2D eigenvalue weighted by molar-refractivity contribution is 14.1. The Bertz CT molecular complexity index is 459. The Morgan fingerprint density at radius 1 is 1.44 bits per heavy atom. The molecule has 0 aliphatic heterocycles. The number of halogens is 1. The lowest BCUT2D eigenvalue weighted by atomic mass is 10.2. The van der Waals surface area contributed by atoms with Crippen LogP contribution in [0.25, 0.3) is 0 Å². The van der Waals surface area contributed by atoms with Gasteiger partial charge in [0.25, 0.3) is 0 Å². The zero-order valence-electron chi connectivity index (χ0n) is 10.1. The monoisotopic (exact) mass is 363 g/mol. The maximum absolute atomic E-state index is 11.4. The van der Waals surface area contributed by atoms with Crippen LogP contribution in [0.5, 0.6) is 0 Å². The van der Waals surface area contributed by atoms with E-state index in [9.17, 15) is 9.59 Å². The van der Waals surface area contributed by atoms with Gasteiger partial charge in [-0.25, -0.2) is 9.59 Å². The summed E-state index contributed by atoms with van der Waals surface area (Å²) in [5, 5.41) is 11.5. The third-order valence-corrected chi connectivity index (χ3v) is 2.67. The van der Waals surface area contributed by atoms with Crippen LogP contribution >= 0.6 is 22.6 Å². The summed E-state index contributed by atoms with van der Waals surface area (Å²) < 4.78 is 5.71. The molecule has 0 aliphatic rings. The van der Waals surface area contributed by atoms with E-state index in [0.717, 1.165) is 3.57 Å². The van der Waals surface area contributed by atoms with Gasteiger partial charge in [0, 0.05) is 3.57 Å². The molecule has 1 rings (SSSR count). The molecule has 0 bridgehead atoms. The van der Waals surface area contributed by atoms with Gasteiger partial charge in [0.05, 0.1) is 17.9 Å². The molecule has 6 heteroatoms. The van der Waals surface area contributed by atoms with E-state index in [2.05, 4.69) is 5.32 Å². The molecule has 0 heterocycles. The van der Waals surface area contributed by atoms with Crippen LogP contribution in [0.15, 0.2) is 18.2 Å². The number of anilines is 1. The standard InChI is InChI=1S/C12H14INO4/c1-7(2)6-18-12(17)14-10-4-3-8(13)5-9(10)11(15)16/h3-5,7H,6H2,1-2H3,(H,14,17)(H,15,16). The van der Waals surface area contributed by atoms with Gasteiger partial charge in [-0.1, -0.05) is 13.8 Å². The lowest BCUT2D eigenvalue weighted by Gasteiger charge is -2.10. The minimum absolute atomic E-state index is 0.0448. The molecular weight excluding hydrogens is 349 g/mol. The van der Waals surface area contributed by atoms with Crippen molar-refractivity contribution >= 4 is 40.3 Å². The van der Waals surface area contributed by atoms with Crippen molar-refractivity contribution in [1.29, 1.82) is 0 Å². The molecule has 0 saturated carbocycles. The maximum Gasteiger partial charge on any atom is 0.411 e. The average molecular weight is 363 g/mol. The lowest BCUT2D eigenvalue weighted by molar-refractivity contribution is 0.0698. The second-order valence-corrected chi connectivity index (χ2v) is 5.36. The number of nitrogens with one attached hydrogen (secondary N) is 1. The zero-order chi connectivity index (χ0) is 13.7. The van der Waals surface area contributed by atoms with Crippen molar-refractivity contribution in [3.05, 3.63) is 27.3 Å². The van der Waals surface area contributed by atoms with E-state index in [-0.39, 0.29) is 17.2 Å². The molecule has 1 aromatic rings. The number of rotatable bonds is 4. The first-order chi connectivity index (χ1) is 8.40. The second kappa shape index (κ2) is 6.58. The summed E-state index contributed by atoms with van der Waals surface area (Å²) in [6.07, 6.45) is -0.646. The molecule has 5 nitrogen and oxygen atoms in total. The van der Waals surface area contributed by atoms with Crippen LogP contribution in [-0.4, -0.2) is 23.8 Å². The van der Waals surface area contributed by atoms with Crippen molar-refractivity contribution in [3.63, 3.8) is 0 Å². The second-order valence-electron chi connectivity index (χ2n) is 4.11. The molecule has 0 fully saturated rings. The molecule has 0 atom stereocenters. The number of benzene rings is 1. The first-order valence-electron chi connectivity index (χ1n) is 5.36. The van der Waals surface area contributed by atoms with Crippen molar-refractivity contribution in [2.24, 2.45) is 5.92 Å². The fourth-order valence-electron chi connectivity index (χ4n) is 1.19. The quantitative estimate of drug-likeness (QED) is 0.806. The number of hydrogen-bond acceptors (Lipinski definition) is 3. The Morgan fingerprint density at radius 2 is 2.11 bits per heavy atom. The molecule has 98 valence electrons. The Morgan fingerprint density at radius 3 is 2.67 bits per heavy atom. The largest absolute Gasteiger partial charge is 0.478 e. The number of carboxylic acid groups (broad SMARTS) is 1. The van der Waals surface area contributed by atoms with E-state index in [1.54, 1.807) is 12.1 Å². The van der Waals surface area contributed by atoms with Crippen molar-refractivity contribution in [2.75, 3.05) is 11.9 Å². The number of carbonyl (C=O) groups excluding carboxylic acids is 1. The average Bonchev–Trinajstić information content (AvgIpc) is 2.28. The molecule has 1 amide bonds. The van der Waals surface area contributed by atoms with Crippen molar-refractivity contribution < 1.29 is 19.4 Å². The van der Waals surface area contributed by atoms with Crippen molar-refractivity contribution in [1.82, 2.24) is 0 Å². The summed E-state index contributed by atoms with van der Waals surface area (Å²) in [4.78, 5) is 22.5. The lowest BCUT2D eigenvalue weighted by Crippen LogP contribution is -2.18. The predicted octanol–water partition coefficient (Wildman–Crippen LogP) is 3.19. The summed E-state index contributed by atoms with van der Waals surface area (Å²) >= 11 is 2.01. The van der Waals surface area contributed by atoms with Crippen LogP contribution < -0.4 is 5.32 Å². The van der Waals surface area contributed by atoms with Gasteiger partial charge in [-0.05, 0) is 46.7 Å². The fourth-order valence-corrected chi connectivity index (χ4v) is 1.68. The van der Waals surface area contributed by atoms with Crippen LogP contribution in [0.1, 0.15) is 24.2 Å². The van der Waals surface area contributed by atoms with E-state index < -0.39 is 12.1 Å². The number of amides is 1. The van der Waals surface area contributed by atoms with E-state index >= 15 is 0 Å². The van der Waals surface area contributed by atoms with Gasteiger partial charge in [-0.15, -0.1) is 0 Å². The summed E-state index contributed by atoms with van der Waals surface area (Å²) in [6.45, 7) is 4.13. The fraction of sp³-hybridized carbons (Fsp3) is 0.333. The highest BCUT2D eigenvalue weighted by Gasteiger charge is 2.13. The first-order valence-corrected chi connectivity index (χ1v) is 6.44. The van der Waals surface area contributed by atoms with Crippen LogP contribution in [0.4, 0.5) is 10.5 Å². The smallest absolute Gasteiger partial charge is 0.411 e. The molecule has 0 radical (unpaired) electrons. The third kappa shape index (κ3) is 4.52. The zero-order valence-corrected chi connectivity index (χ0v) is 12.2. The number of hydrogen-bond donors (Lipinski definition) is 2. The normalized spacial score (nSPS) is 10.2. The highest BCUT2D eigenvalue weighted by Crippen LogP contribution is 2.19. The van der Waals surface area contributed by atoms with Crippen LogP contribution in [-0.2, 0) is 4.74 Å². The Balaban J connectivity index is 2.78. The minimum atomic E-state index is -1.09. The number of carbonyl (C=O) groups is 2.